The molecule has 0 heterocycles. The molecule has 80 valence electrons. The predicted molar refractivity (Wildman–Crippen MR) is 59.3 cm³/mol. The number of rotatable bonds is 4. The van der Waals surface area contributed by atoms with E-state index in [0.29, 0.717) is 0 Å². The molecule has 15 heavy (non-hydrogen) atoms. The summed E-state index contributed by atoms with van der Waals surface area (Å²) >= 11 is 0. The van der Waals surface area contributed by atoms with Crippen molar-refractivity contribution in [1.29, 1.82) is 0 Å². The van der Waals surface area contributed by atoms with Crippen LogP contribution in [0.4, 0.5) is 0 Å². The largest absolute Gasteiger partial charge is 0.387 e. The minimum absolute atomic E-state index is 0.204. The standard InChI is InChI=1S/C12H15NO2/c1-3-12(15)13-8-11(14)10-7-5-4-6-9(10)2/h3-7,11,14H,1,8H2,2H3,(H,13,15). The van der Waals surface area contributed by atoms with Crippen LogP contribution in [0.3, 0.4) is 0 Å². The number of aliphatic hydroxyl groups is 1. The Kier molecular flexibility index (Phi) is 4.06. The summed E-state index contributed by atoms with van der Waals surface area (Å²) in [7, 11) is 0. The van der Waals surface area contributed by atoms with Gasteiger partial charge < -0.3 is 10.4 Å². The summed E-state index contributed by atoms with van der Waals surface area (Å²) < 4.78 is 0. The van der Waals surface area contributed by atoms with Gasteiger partial charge in [-0.2, -0.15) is 0 Å². The highest BCUT2D eigenvalue weighted by atomic mass is 16.3. The molecule has 3 nitrogen and oxygen atoms in total. The van der Waals surface area contributed by atoms with E-state index in [4.69, 9.17) is 0 Å². The molecular formula is C12H15NO2. The lowest BCUT2D eigenvalue weighted by atomic mass is 10.0. The first-order valence-corrected chi connectivity index (χ1v) is 4.79. The van der Waals surface area contributed by atoms with Crippen LogP contribution >= 0.6 is 0 Å². The number of carbonyl (C=O) groups excluding carboxylic acids is 1. The number of benzene rings is 1. The van der Waals surface area contributed by atoms with Crippen LogP contribution in [0.25, 0.3) is 0 Å². The molecule has 2 N–H and O–H groups in total. The number of aliphatic hydroxyl groups excluding tert-OH is 1. The molecule has 1 aromatic carbocycles. The van der Waals surface area contributed by atoms with E-state index in [-0.39, 0.29) is 12.5 Å². The smallest absolute Gasteiger partial charge is 0.243 e. The zero-order chi connectivity index (χ0) is 11.3. The Bertz CT molecular complexity index is 360. The summed E-state index contributed by atoms with van der Waals surface area (Å²) in [5.74, 6) is -0.275. The lowest BCUT2D eigenvalue weighted by Crippen LogP contribution is -2.26. The van der Waals surface area contributed by atoms with Crippen LogP contribution < -0.4 is 5.32 Å². The molecule has 0 radical (unpaired) electrons. The highest BCUT2D eigenvalue weighted by Crippen LogP contribution is 2.15. The van der Waals surface area contributed by atoms with Gasteiger partial charge in [0.15, 0.2) is 0 Å². The molecule has 0 bridgehead atoms. The van der Waals surface area contributed by atoms with E-state index in [9.17, 15) is 9.90 Å². The molecule has 0 saturated carbocycles. The van der Waals surface area contributed by atoms with E-state index in [1.165, 1.54) is 6.08 Å². The van der Waals surface area contributed by atoms with Crippen LogP contribution in [-0.4, -0.2) is 17.6 Å². The number of carbonyl (C=O) groups is 1. The van der Waals surface area contributed by atoms with Crippen LogP contribution in [0.2, 0.25) is 0 Å². The van der Waals surface area contributed by atoms with Crippen molar-refractivity contribution >= 4 is 5.91 Å². The van der Waals surface area contributed by atoms with Crippen molar-refractivity contribution in [3.05, 3.63) is 48.0 Å². The third kappa shape index (κ3) is 3.22. The highest BCUT2D eigenvalue weighted by Gasteiger charge is 2.09. The second-order valence-electron chi connectivity index (χ2n) is 3.32. The van der Waals surface area contributed by atoms with Crippen LogP contribution in [0.5, 0.6) is 0 Å². The van der Waals surface area contributed by atoms with E-state index in [0.717, 1.165) is 11.1 Å². The lowest BCUT2D eigenvalue weighted by molar-refractivity contribution is -0.116. The van der Waals surface area contributed by atoms with Gasteiger partial charge in [0.1, 0.15) is 0 Å². The molecule has 0 aliphatic carbocycles. The van der Waals surface area contributed by atoms with Crippen LogP contribution in [0, 0.1) is 6.92 Å². The normalized spacial score (nSPS) is 11.9. The Labute approximate surface area is 89.4 Å². The van der Waals surface area contributed by atoms with Gasteiger partial charge in [0, 0.05) is 6.54 Å². The highest BCUT2D eigenvalue weighted by molar-refractivity contribution is 5.86. The van der Waals surface area contributed by atoms with Crippen LogP contribution in [0.15, 0.2) is 36.9 Å². The van der Waals surface area contributed by atoms with Gasteiger partial charge in [-0.25, -0.2) is 0 Å². The number of amides is 1. The van der Waals surface area contributed by atoms with Crippen LogP contribution in [0.1, 0.15) is 17.2 Å². The van der Waals surface area contributed by atoms with Gasteiger partial charge in [0.05, 0.1) is 6.10 Å². The Balaban J connectivity index is 2.61. The number of aryl methyl sites for hydroxylation is 1. The minimum atomic E-state index is -0.671. The van der Waals surface area contributed by atoms with Gasteiger partial charge in [-0.1, -0.05) is 30.8 Å². The molecule has 0 aliphatic rings. The van der Waals surface area contributed by atoms with Gasteiger partial charge in [0.2, 0.25) is 5.91 Å². The molecule has 1 aromatic rings. The SMILES string of the molecule is C=CC(=O)NCC(O)c1ccccc1C. The van der Waals surface area contributed by atoms with Gasteiger partial charge >= 0.3 is 0 Å². The molecule has 3 heteroatoms. The van der Waals surface area contributed by atoms with E-state index in [1.807, 2.05) is 31.2 Å². The Hall–Kier alpha value is -1.61. The third-order valence-corrected chi connectivity index (χ3v) is 2.20. The summed E-state index contributed by atoms with van der Waals surface area (Å²) in [4.78, 5) is 10.9. The second kappa shape index (κ2) is 5.32. The zero-order valence-electron chi connectivity index (χ0n) is 8.73. The van der Waals surface area contributed by atoms with E-state index >= 15 is 0 Å². The van der Waals surface area contributed by atoms with E-state index in [1.54, 1.807) is 0 Å². The third-order valence-electron chi connectivity index (χ3n) is 2.20. The van der Waals surface area contributed by atoms with Crippen molar-refractivity contribution in [2.45, 2.75) is 13.0 Å². The second-order valence-corrected chi connectivity index (χ2v) is 3.32. The first kappa shape index (κ1) is 11.5. The average Bonchev–Trinajstić information content (AvgIpc) is 2.26. The van der Waals surface area contributed by atoms with Crippen molar-refractivity contribution in [2.75, 3.05) is 6.54 Å². The van der Waals surface area contributed by atoms with E-state index in [2.05, 4.69) is 11.9 Å². The maximum absolute atomic E-state index is 10.9. The summed E-state index contributed by atoms with van der Waals surface area (Å²) in [6.45, 7) is 5.46. The monoisotopic (exact) mass is 205 g/mol. The van der Waals surface area contributed by atoms with E-state index < -0.39 is 6.10 Å². The number of hydrogen-bond donors (Lipinski definition) is 2. The van der Waals surface area contributed by atoms with Crippen LogP contribution in [-0.2, 0) is 4.79 Å². The predicted octanol–water partition coefficient (Wildman–Crippen LogP) is 1.33. The molecule has 0 aromatic heterocycles. The fraction of sp³-hybridized carbons (Fsp3) is 0.250. The molecule has 1 amide bonds. The fourth-order valence-corrected chi connectivity index (χ4v) is 1.34. The maximum Gasteiger partial charge on any atom is 0.243 e. The summed E-state index contributed by atoms with van der Waals surface area (Å²) in [6.07, 6.45) is 0.514. The Morgan fingerprint density at radius 2 is 2.27 bits per heavy atom. The van der Waals surface area contributed by atoms with Gasteiger partial charge in [0.25, 0.3) is 0 Å². The molecule has 0 spiro atoms. The minimum Gasteiger partial charge on any atom is -0.387 e. The van der Waals surface area contributed by atoms with Crippen molar-refractivity contribution in [3.8, 4) is 0 Å². The number of nitrogens with one attached hydrogen (secondary N) is 1. The van der Waals surface area contributed by atoms with Gasteiger partial charge in [-0.15, -0.1) is 0 Å². The molecule has 1 rings (SSSR count). The average molecular weight is 205 g/mol. The molecule has 0 fully saturated rings. The quantitative estimate of drug-likeness (QED) is 0.728. The van der Waals surface area contributed by atoms with Crippen molar-refractivity contribution in [1.82, 2.24) is 5.32 Å². The summed E-state index contributed by atoms with van der Waals surface area (Å²) in [6, 6.07) is 7.54. The zero-order valence-corrected chi connectivity index (χ0v) is 8.73. The van der Waals surface area contributed by atoms with Gasteiger partial charge in [-0.05, 0) is 24.1 Å². The van der Waals surface area contributed by atoms with Crippen molar-refractivity contribution in [3.63, 3.8) is 0 Å². The van der Waals surface area contributed by atoms with Crippen molar-refractivity contribution in [2.24, 2.45) is 0 Å². The van der Waals surface area contributed by atoms with Gasteiger partial charge in [-0.3, -0.25) is 4.79 Å². The summed E-state index contributed by atoms with van der Waals surface area (Å²) in [5, 5.41) is 12.3. The first-order valence-electron chi connectivity index (χ1n) is 4.79. The lowest BCUT2D eigenvalue weighted by Gasteiger charge is -2.13. The maximum atomic E-state index is 10.9. The topological polar surface area (TPSA) is 49.3 Å². The molecular weight excluding hydrogens is 190 g/mol. The molecule has 0 aliphatic heterocycles. The molecule has 0 saturated heterocycles. The summed E-state index contributed by atoms with van der Waals surface area (Å²) in [5.41, 5.74) is 1.85. The Morgan fingerprint density at radius 3 is 2.87 bits per heavy atom. The fourth-order valence-electron chi connectivity index (χ4n) is 1.34. The molecule has 1 atom stereocenters. The van der Waals surface area contributed by atoms with Crippen molar-refractivity contribution < 1.29 is 9.90 Å². The first-order chi connectivity index (χ1) is 7.15. The molecule has 1 unspecified atom stereocenters. The Morgan fingerprint density at radius 1 is 1.60 bits per heavy atom. The number of hydrogen-bond acceptors (Lipinski definition) is 2.